The number of benzene rings is 1. The zero-order valence-electron chi connectivity index (χ0n) is 13.8. The van der Waals surface area contributed by atoms with Gasteiger partial charge in [0.1, 0.15) is 5.60 Å². The lowest BCUT2D eigenvalue weighted by molar-refractivity contribution is 0.0420. The molecule has 130 valence electrons. The van der Waals surface area contributed by atoms with Gasteiger partial charge >= 0.3 is 0 Å². The highest BCUT2D eigenvalue weighted by Crippen LogP contribution is 2.27. The van der Waals surface area contributed by atoms with Gasteiger partial charge in [0, 0.05) is 17.6 Å². The predicted molar refractivity (Wildman–Crippen MR) is 110 cm³/mol. The van der Waals surface area contributed by atoms with Gasteiger partial charge in [0.15, 0.2) is 5.96 Å². The lowest BCUT2D eigenvalue weighted by atomic mass is 9.91. The molecule has 0 bridgehead atoms. The van der Waals surface area contributed by atoms with Gasteiger partial charge in [-0.25, -0.2) is 4.99 Å². The molecule has 3 N–H and O–H groups in total. The van der Waals surface area contributed by atoms with E-state index >= 15 is 0 Å². The molecule has 0 amide bonds. The van der Waals surface area contributed by atoms with Crippen LogP contribution >= 0.6 is 39.9 Å². The summed E-state index contributed by atoms with van der Waals surface area (Å²) in [4.78, 5) is 6.60. The van der Waals surface area contributed by atoms with Crippen molar-refractivity contribution in [2.24, 2.45) is 16.6 Å². The number of halogens is 2. The van der Waals surface area contributed by atoms with Crippen molar-refractivity contribution in [2.45, 2.75) is 38.7 Å². The highest BCUT2D eigenvalue weighted by molar-refractivity contribution is 14.0. The van der Waals surface area contributed by atoms with Crippen LogP contribution in [-0.4, -0.2) is 35.6 Å². The molecule has 1 atom stereocenters. The standard InChI is InChI=1S/C17H26BrN3O.HI/c1-3-17(22,14-4-6-15(18)7-5-14)12-20-16(19)21-10-8-13(2)9-11-21;/h4-7,13,22H,3,8-12H2,1-2H3,(H2,19,20);1H. The van der Waals surface area contributed by atoms with E-state index in [0.717, 1.165) is 41.9 Å². The number of aliphatic imine (C=N–C) groups is 1. The Morgan fingerprint density at radius 3 is 2.43 bits per heavy atom. The third kappa shape index (κ3) is 5.60. The van der Waals surface area contributed by atoms with Crippen LogP contribution < -0.4 is 5.73 Å². The number of aliphatic hydroxyl groups is 1. The minimum absolute atomic E-state index is 0. The molecule has 2 rings (SSSR count). The van der Waals surface area contributed by atoms with Crippen molar-refractivity contribution in [1.29, 1.82) is 0 Å². The van der Waals surface area contributed by atoms with Gasteiger partial charge in [-0.1, -0.05) is 41.9 Å². The van der Waals surface area contributed by atoms with Crippen molar-refractivity contribution in [3.63, 3.8) is 0 Å². The Labute approximate surface area is 164 Å². The minimum Gasteiger partial charge on any atom is -0.383 e. The van der Waals surface area contributed by atoms with E-state index in [4.69, 9.17) is 5.73 Å². The summed E-state index contributed by atoms with van der Waals surface area (Å²) < 4.78 is 1.00. The molecule has 6 heteroatoms. The van der Waals surface area contributed by atoms with Gasteiger partial charge in [-0.2, -0.15) is 0 Å². The van der Waals surface area contributed by atoms with Crippen molar-refractivity contribution in [3.8, 4) is 0 Å². The van der Waals surface area contributed by atoms with Crippen LogP contribution in [0.25, 0.3) is 0 Å². The Balaban J connectivity index is 0.00000264. The summed E-state index contributed by atoms with van der Waals surface area (Å²) in [5.41, 5.74) is 6.03. The normalized spacial score (nSPS) is 19.1. The fourth-order valence-electron chi connectivity index (χ4n) is 2.72. The van der Waals surface area contributed by atoms with Gasteiger partial charge in [0.25, 0.3) is 0 Å². The zero-order chi connectivity index (χ0) is 16.2. The van der Waals surface area contributed by atoms with Crippen LogP contribution in [0, 0.1) is 5.92 Å². The second kappa shape index (κ2) is 9.22. The molecule has 0 aliphatic carbocycles. The van der Waals surface area contributed by atoms with Gasteiger partial charge in [-0.05, 0) is 42.9 Å². The van der Waals surface area contributed by atoms with Crippen LogP contribution in [0.1, 0.15) is 38.7 Å². The number of piperidine rings is 1. The number of nitrogens with zero attached hydrogens (tertiary/aromatic N) is 2. The number of hydrogen-bond donors (Lipinski definition) is 2. The first kappa shape index (κ1) is 20.7. The van der Waals surface area contributed by atoms with E-state index in [0.29, 0.717) is 18.9 Å². The molecular weight excluding hydrogens is 469 g/mol. The average molecular weight is 496 g/mol. The summed E-state index contributed by atoms with van der Waals surface area (Å²) in [6.45, 7) is 6.45. The molecule has 1 saturated heterocycles. The topological polar surface area (TPSA) is 61.9 Å². The van der Waals surface area contributed by atoms with E-state index in [2.05, 4.69) is 32.7 Å². The molecule has 0 aromatic heterocycles. The van der Waals surface area contributed by atoms with E-state index in [-0.39, 0.29) is 24.0 Å². The summed E-state index contributed by atoms with van der Waals surface area (Å²) in [7, 11) is 0. The molecule has 0 spiro atoms. The van der Waals surface area contributed by atoms with E-state index < -0.39 is 5.60 Å². The largest absolute Gasteiger partial charge is 0.383 e. The van der Waals surface area contributed by atoms with Crippen molar-refractivity contribution in [3.05, 3.63) is 34.3 Å². The molecule has 4 nitrogen and oxygen atoms in total. The SMILES string of the molecule is CCC(O)(CN=C(N)N1CCC(C)CC1)c1ccc(Br)cc1.I. The molecule has 23 heavy (non-hydrogen) atoms. The summed E-state index contributed by atoms with van der Waals surface area (Å²) in [6, 6.07) is 7.74. The molecule has 1 fully saturated rings. The second-order valence-corrected chi connectivity index (χ2v) is 7.15. The van der Waals surface area contributed by atoms with Crippen molar-refractivity contribution in [2.75, 3.05) is 19.6 Å². The Hall–Kier alpha value is -0.340. The maximum Gasteiger partial charge on any atom is 0.191 e. The van der Waals surface area contributed by atoms with E-state index in [1.807, 2.05) is 31.2 Å². The Kier molecular flexibility index (Phi) is 8.30. The van der Waals surface area contributed by atoms with Crippen LogP contribution in [0.3, 0.4) is 0 Å². The Morgan fingerprint density at radius 1 is 1.35 bits per heavy atom. The van der Waals surface area contributed by atoms with Crippen molar-refractivity contribution >= 4 is 45.9 Å². The molecule has 1 aromatic carbocycles. The highest BCUT2D eigenvalue weighted by Gasteiger charge is 2.27. The fraction of sp³-hybridized carbons (Fsp3) is 0.588. The zero-order valence-corrected chi connectivity index (χ0v) is 17.8. The summed E-state index contributed by atoms with van der Waals surface area (Å²) in [6.07, 6.45) is 2.91. The van der Waals surface area contributed by atoms with Crippen LogP contribution in [0.15, 0.2) is 33.7 Å². The van der Waals surface area contributed by atoms with Gasteiger partial charge in [-0.3, -0.25) is 0 Å². The molecule has 1 aromatic rings. The summed E-state index contributed by atoms with van der Waals surface area (Å²) >= 11 is 3.42. The monoisotopic (exact) mass is 495 g/mol. The molecule has 1 heterocycles. The second-order valence-electron chi connectivity index (χ2n) is 6.24. The fourth-order valence-corrected chi connectivity index (χ4v) is 2.98. The average Bonchev–Trinajstić information content (AvgIpc) is 2.53. The van der Waals surface area contributed by atoms with Crippen LogP contribution in [0.4, 0.5) is 0 Å². The van der Waals surface area contributed by atoms with Crippen molar-refractivity contribution in [1.82, 2.24) is 4.90 Å². The maximum absolute atomic E-state index is 10.9. The molecule has 1 aliphatic heterocycles. The smallest absolute Gasteiger partial charge is 0.191 e. The molecule has 1 unspecified atom stereocenters. The molecule has 0 radical (unpaired) electrons. The third-order valence-corrected chi connectivity index (χ3v) is 5.11. The lowest BCUT2D eigenvalue weighted by Gasteiger charge is -2.32. The van der Waals surface area contributed by atoms with Gasteiger partial charge in [0.2, 0.25) is 0 Å². The van der Waals surface area contributed by atoms with Gasteiger partial charge in [0.05, 0.1) is 6.54 Å². The first-order valence-electron chi connectivity index (χ1n) is 7.98. The first-order valence-corrected chi connectivity index (χ1v) is 8.77. The molecular formula is C17H27BrIN3O. The lowest BCUT2D eigenvalue weighted by Crippen LogP contribution is -2.43. The van der Waals surface area contributed by atoms with E-state index in [9.17, 15) is 5.11 Å². The van der Waals surface area contributed by atoms with Crippen LogP contribution in [-0.2, 0) is 5.60 Å². The first-order chi connectivity index (χ1) is 10.4. The quantitative estimate of drug-likeness (QED) is 0.380. The van der Waals surface area contributed by atoms with E-state index in [1.165, 1.54) is 0 Å². The number of likely N-dealkylation sites (tertiary alicyclic amines) is 1. The highest BCUT2D eigenvalue weighted by atomic mass is 127. The number of guanidine groups is 1. The molecule has 1 aliphatic rings. The minimum atomic E-state index is -0.964. The maximum atomic E-state index is 10.9. The van der Waals surface area contributed by atoms with Gasteiger partial charge < -0.3 is 15.7 Å². The van der Waals surface area contributed by atoms with Crippen LogP contribution in [0.2, 0.25) is 0 Å². The van der Waals surface area contributed by atoms with Crippen LogP contribution in [0.5, 0.6) is 0 Å². The predicted octanol–water partition coefficient (Wildman–Crippen LogP) is 3.71. The summed E-state index contributed by atoms with van der Waals surface area (Å²) in [5.74, 6) is 1.32. The number of hydrogen-bond acceptors (Lipinski definition) is 2. The summed E-state index contributed by atoms with van der Waals surface area (Å²) in [5, 5.41) is 10.9. The van der Waals surface area contributed by atoms with Crippen molar-refractivity contribution < 1.29 is 5.11 Å². The number of nitrogens with two attached hydrogens (primary N) is 1. The Bertz CT molecular complexity index is 515. The van der Waals surface area contributed by atoms with Gasteiger partial charge in [-0.15, -0.1) is 24.0 Å². The number of rotatable bonds is 4. The molecule has 0 saturated carbocycles. The Morgan fingerprint density at radius 2 is 1.91 bits per heavy atom. The van der Waals surface area contributed by atoms with E-state index in [1.54, 1.807) is 0 Å². The third-order valence-electron chi connectivity index (χ3n) is 4.58.